The van der Waals surface area contributed by atoms with Crippen molar-refractivity contribution >= 4 is 11.9 Å². The molecular weight excluding hydrogens is 466 g/mol. The molecule has 0 fully saturated rings. The van der Waals surface area contributed by atoms with Crippen LogP contribution in [0.25, 0.3) is 0 Å². The first-order valence-corrected chi connectivity index (χ1v) is 12.2. The molecule has 0 aromatic heterocycles. The van der Waals surface area contributed by atoms with Gasteiger partial charge in [0.05, 0.1) is 23.7 Å². The maximum Gasteiger partial charge on any atom is 0.343 e. The van der Waals surface area contributed by atoms with Crippen LogP contribution in [0.3, 0.4) is 0 Å². The van der Waals surface area contributed by atoms with E-state index in [-0.39, 0.29) is 28.1 Å². The van der Waals surface area contributed by atoms with Gasteiger partial charge in [-0.25, -0.2) is 9.59 Å². The van der Waals surface area contributed by atoms with Gasteiger partial charge in [-0.3, -0.25) is 0 Å². The normalized spacial score (nSPS) is 13.5. The number of ether oxygens (including phenoxy) is 2. The van der Waals surface area contributed by atoms with Gasteiger partial charge < -0.3 is 19.1 Å². The third kappa shape index (κ3) is 6.85. The maximum absolute atomic E-state index is 12.9. The number of aryl methyl sites for hydroxylation is 2. The molecule has 3 aromatic carbocycles. The lowest BCUT2D eigenvalue weighted by atomic mass is 9.91. The second-order valence-corrected chi connectivity index (χ2v) is 11.0. The van der Waals surface area contributed by atoms with Crippen LogP contribution in [0.1, 0.15) is 65.1 Å². The Morgan fingerprint density at radius 3 is 1.65 bits per heavy atom. The van der Waals surface area contributed by atoms with Gasteiger partial charge in [0.2, 0.25) is 7.05 Å². The van der Waals surface area contributed by atoms with E-state index in [1.807, 2.05) is 65.9 Å². The molecule has 1 N–H and O–H groups in total. The molecule has 0 aliphatic carbocycles. The number of likely N-dealkylation sites (N-methyl/N-ethyl adjacent to an activating group) is 1. The zero-order valence-corrected chi connectivity index (χ0v) is 22.7. The lowest BCUT2D eigenvalue weighted by Crippen LogP contribution is -2.57. The Morgan fingerprint density at radius 1 is 0.784 bits per heavy atom. The number of rotatable bonds is 7. The molecule has 3 rings (SSSR count). The van der Waals surface area contributed by atoms with Crippen LogP contribution in [-0.2, 0) is 5.60 Å². The number of quaternary nitrogens is 1. The first-order valence-electron chi connectivity index (χ1n) is 12.2. The summed E-state index contributed by atoms with van der Waals surface area (Å²) in [5, 5.41) is 11.4. The van der Waals surface area contributed by atoms with E-state index in [4.69, 9.17) is 16.5 Å². The fraction of sp³-hybridized carbons (Fsp3) is 0.323. The van der Waals surface area contributed by atoms with E-state index in [0.29, 0.717) is 16.7 Å². The molecule has 0 spiro atoms. The first-order chi connectivity index (χ1) is 17.1. The molecule has 0 saturated heterocycles. The average molecular weight is 503 g/mol. The Kier molecular flexibility index (Phi) is 7.96. The summed E-state index contributed by atoms with van der Waals surface area (Å²) in [6.07, 6.45) is 0. The van der Waals surface area contributed by atoms with Crippen molar-refractivity contribution in [3.8, 4) is 11.5 Å². The number of esters is 2. The van der Waals surface area contributed by atoms with Gasteiger partial charge in [0.25, 0.3) is 0 Å². The van der Waals surface area contributed by atoms with E-state index < -0.39 is 17.5 Å². The second kappa shape index (κ2) is 10.5. The van der Waals surface area contributed by atoms with Crippen molar-refractivity contribution in [2.45, 2.75) is 52.7 Å². The topological polar surface area (TPSA) is 72.8 Å². The molecule has 37 heavy (non-hydrogen) atoms. The van der Waals surface area contributed by atoms with Crippen LogP contribution in [0.4, 0.5) is 0 Å². The smallest absolute Gasteiger partial charge is 0.343 e. The molecule has 6 nitrogen and oxygen atoms in total. The minimum Gasteiger partial charge on any atom is -0.419 e. The van der Waals surface area contributed by atoms with Crippen molar-refractivity contribution in [2.24, 2.45) is 0 Å². The van der Waals surface area contributed by atoms with Crippen LogP contribution < -0.4 is 9.47 Å². The van der Waals surface area contributed by atoms with Crippen molar-refractivity contribution in [2.75, 3.05) is 13.6 Å². The Hall–Kier alpha value is -3.48. The lowest BCUT2D eigenvalue weighted by Gasteiger charge is -2.45. The van der Waals surface area contributed by atoms with E-state index >= 15 is 0 Å². The maximum atomic E-state index is 12.9. The molecule has 2 radical (unpaired) electrons. The van der Waals surface area contributed by atoms with Crippen molar-refractivity contribution in [1.29, 1.82) is 0 Å². The van der Waals surface area contributed by atoms with Crippen molar-refractivity contribution in [3.05, 3.63) is 102 Å². The quantitative estimate of drug-likeness (QED) is 0.249. The molecule has 0 bridgehead atoms. The van der Waals surface area contributed by atoms with E-state index in [1.54, 1.807) is 37.3 Å². The largest absolute Gasteiger partial charge is 0.419 e. The van der Waals surface area contributed by atoms with Crippen molar-refractivity contribution < 1.29 is 28.7 Å². The Morgan fingerprint density at radius 2 is 1.22 bits per heavy atom. The average Bonchev–Trinajstić information content (AvgIpc) is 2.79. The zero-order valence-electron chi connectivity index (χ0n) is 22.7. The Labute approximate surface area is 220 Å². The lowest BCUT2D eigenvalue weighted by molar-refractivity contribution is -0.919. The standard InChI is InChI=1S/C31H36NO5/c1-21-9-13-23(14-10-21)28(33)36-26-18-17-25(31(6,35)20-32(7,8)30(3,4)5)19-27(26)37-29(34)24-15-11-22(2)12-16-24/h7,9-19,35H,20H2,1-6,8H3/q+1. The fourth-order valence-electron chi connectivity index (χ4n) is 3.67. The van der Waals surface area contributed by atoms with Gasteiger partial charge in [0.1, 0.15) is 12.1 Å². The number of hydrogen-bond donors (Lipinski definition) is 1. The molecule has 0 aliphatic heterocycles. The van der Waals surface area contributed by atoms with Crippen LogP contribution >= 0.6 is 0 Å². The predicted octanol–water partition coefficient (Wildman–Crippen LogP) is 5.86. The number of nitrogens with zero attached hydrogens (tertiary/aromatic N) is 1. The third-order valence-corrected chi connectivity index (χ3v) is 6.71. The van der Waals surface area contributed by atoms with Gasteiger partial charge in [-0.05, 0) is 83.5 Å². The van der Waals surface area contributed by atoms with Gasteiger partial charge in [-0.2, -0.15) is 0 Å². The molecular formula is C31H36NO5+. The summed E-state index contributed by atoms with van der Waals surface area (Å²) in [7, 11) is 8.36. The fourth-order valence-corrected chi connectivity index (χ4v) is 3.67. The van der Waals surface area contributed by atoms with Crippen LogP contribution in [0.15, 0.2) is 66.7 Å². The molecule has 0 saturated carbocycles. The van der Waals surface area contributed by atoms with E-state index in [1.165, 1.54) is 12.1 Å². The minimum atomic E-state index is -1.37. The van der Waals surface area contributed by atoms with Gasteiger partial charge in [0, 0.05) is 0 Å². The highest BCUT2D eigenvalue weighted by atomic mass is 16.6. The monoisotopic (exact) mass is 502 g/mol. The minimum absolute atomic E-state index is 0.0193. The number of carbonyl (C=O) groups is 2. The SMILES string of the molecule is [CH][N+](C)(CC(C)(O)c1ccc(OC(=O)c2ccc(C)cc2)c(OC(=O)c2ccc(C)cc2)c1)C(C)(C)C. The third-order valence-electron chi connectivity index (χ3n) is 6.71. The summed E-state index contributed by atoms with van der Waals surface area (Å²) >= 11 is 0. The predicted molar refractivity (Wildman–Crippen MR) is 143 cm³/mol. The summed E-state index contributed by atoms with van der Waals surface area (Å²) < 4.78 is 11.4. The van der Waals surface area contributed by atoms with Gasteiger partial charge in [-0.1, -0.05) is 41.5 Å². The Balaban J connectivity index is 1.98. The number of benzene rings is 3. The molecule has 2 unspecified atom stereocenters. The number of carbonyl (C=O) groups excluding carboxylic acids is 2. The molecule has 0 aliphatic rings. The number of hydrogen-bond acceptors (Lipinski definition) is 5. The van der Waals surface area contributed by atoms with Crippen molar-refractivity contribution in [3.63, 3.8) is 0 Å². The van der Waals surface area contributed by atoms with Crippen molar-refractivity contribution in [1.82, 2.24) is 0 Å². The summed E-state index contributed by atoms with van der Waals surface area (Å²) in [5.74, 6) is -1.12. The molecule has 0 heterocycles. The van der Waals surface area contributed by atoms with E-state index in [0.717, 1.165) is 11.1 Å². The van der Waals surface area contributed by atoms with Gasteiger partial charge in [0.15, 0.2) is 11.5 Å². The Bertz CT molecular complexity index is 1270. The highest BCUT2D eigenvalue weighted by Crippen LogP contribution is 2.36. The highest BCUT2D eigenvalue weighted by Gasteiger charge is 2.40. The molecule has 6 heteroatoms. The first kappa shape index (κ1) is 28.1. The second-order valence-electron chi connectivity index (χ2n) is 11.0. The van der Waals surface area contributed by atoms with Crippen LogP contribution in [-0.4, -0.2) is 40.7 Å². The molecule has 194 valence electrons. The highest BCUT2D eigenvalue weighted by molar-refractivity contribution is 5.93. The van der Waals surface area contributed by atoms with Crippen LogP contribution in [0.5, 0.6) is 11.5 Å². The number of aliphatic hydroxyl groups is 1. The van der Waals surface area contributed by atoms with E-state index in [2.05, 4.69) is 0 Å². The van der Waals surface area contributed by atoms with Crippen LogP contribution in [0.2, 0.25) is 0 Å². The van der Waals surface area contributed by atoms with Crippen LogP contribution in [0, 0.1) is 20.9 Å². The zero-order chi connectivity index (χ0) is 27.6. The van der Waals surface area contributed by atoms with Gasteiger partial charge >= 0.3 is 11.9 Å². The summed E-state index contributed by atoms with van der Waals surface area (Å²) in [6.45, 7) is 11.7. The summed E-state index contributed by atoms with van der Waals surface area (Å²) in [4.78, 5) is 25.8. The summed E-state index contributed by atoms with van der Waals surface area (Å²) in [6, 6.07) is 18.6. The molecule has 0 amide bonds. The molecule has 3 aromatic rings. The molecule has 2 atom stereocenters. The van der Waals surface area contributed by atoms with E-state index in [9.17, 15) is 14.7 Å². The van der Waals surface area contributed by atoms with Gasteiger partial charge in [-0.15, -0.1) is 0 Å². The summed E-state index contributed by atoms with van der Waals surface area (Å²) in [5.41, 5.74) is 1.47.